The van der Waals surface area contributed by atoms with Gasteiger partial charge in [0.2, 0.25) is 17.4 Å². The zero-order valence-electron chi connectivity index (χ0n) is 13.2. The molecule has 2 aromatic heterocycles. The van der Waals surface area contributed by atoms with Crippen molar-refractivity contribution in [2.24, 2.45) is 0 Å². The quantitative estimate of drug-likeness (QED) is 0.737. The highest BCUT2D eigenvalue weighted by Gasteiger charge is 2.45. The summed E-state index contributed by atoms with van der Waals surface area (Å²) in [6, 6.07) is 9.38. The molecule has 1 aliphatic heterocycles. The van der Waals surface area contributed by atoms with Gasteiger partial charge in [-0.1, -0.05) is 35.5 Å². The molecule has 1 aliphatic rings. The summed E-state index contributed by atoms with van der Waals surface area (Å²) in [7, 11) is 0. The molecule has 1 unspecified atom stereocenters. The smallest absolute Gasteiger partial charge is 0.266 e. The first-order valence-electron chi connectivity index (χ1n) is 7.76. The van der Waals surface area contributed by atoms with Crippen molar-refractivity contribution in [2.45, 2.75) is 19.0 Å². The van der Waals surface area contributed by atoms with Crippen molar-refractivity contribution in [3.8, 4) is 11.4 Å². The van der Waals surface area contributed by atoms with E-state index < -0.39 is 5.67 Å². The van der Waals surface area contributed by atoms with Gasteiger partial charge in [-0.15, -0.1) is 0 Å². The Morgan fingerprint density at radius 2 is 1.92 bits per heavy atom. The van der Waals surface area contributed by atoms with E-state index >= 15 is 4.39 Å². The minimum Gasteiger partial charge on any atom is -0.337 e. The molecule has 0 saturated carbocycles. The van der Waals surface area contributed by atoms with Gasteiger partial charge >= 0.3 is 0 Å². The number of halogens is 1. The first kappa shape index (κ1) is 14.7. The molecule has 3 aromatic rings. The summed E-state index contributed by atoms with van der Waals surface area (Å²) in [5.74, 6) is 0.923. The lowest BCUT2D eigenvalue weighted by Crippen LogP contribution is -2.28. The van der Waals surface area contributed by atoms with Crippen molar-refractivity contribution in [1.29, 1.82) is 0 Å². The van der Waals surface area contributed by atoms with Gasteiger partial charge in [0.1, 0.15) is 0 Å². The van der Waals surface area contributed by atoms with E-state index in [1.807, 2.05) is 37.3 Å². The van der Waals surface area contributed by atoms with Crippen LogP contribution in [0, 0.1) is 6.92 Å². The van der Waals surface area contributed by atoms with Crippen LogP contribution in [-0.2, 0) is 5.67 Å². The van der Waals surface area contributed by atoms with E-state index in [4.69, 9.17) is 4.52 Å². The Labute approximate surface area is 138 Å². The van der Waals surface area contributed by atoms with E-state index in [2.05, 4.69) is 20.1 Å². The number of hydrogen-bond acceptors (Lipinski definition) is 6. The zero-order valence-corrected chi connectivity index (χ0v) is 13.2. The highest BCUT2D eigenvalue weighted by atomic mass is 19.1. The highest BCUT2D eigenvalue weighted by molar-refractivity contribution is 5.53. The Hall–Kier alpha value is -2.83. The topological polar surface area (TPSA) is 67.9 Å². The summed E-state index contributed by atoms with van der Waals surface area (Å²) in [4.78, 5) is 14.6. The predicted octanol–water partition coefficient (Wildman–Crippen LogP) is 2.91. The van der Waals surface area contributed by atoms with E-state index in [0.29, 0.717) is 18.3 Å². The fourth-order valence-electron chi connectivity index (χ4n) is 2.78. The normalized spacial score (nSPS) is 20.5. The fourth-order valence-corrected chi connectivity index (χ4v) is 2.78. The Kier molecular flexibility index (Phi) is 3.48. The molecule has 0 amide bonds. The summed E-state index contributed by atoms with van der Waals surface area (Å²) in [5, 5.41) is 3.91. The largest absolute Gasteiger partial charge is 0.337 e. The minimum absolute atomic E-state index is 0.0102. The molecule has 0 aliphatic carbocycles. The Morgan fingerprint density at radius 1 is 1.17 bits per heavy atom. The maximum Gasteiger partial charge on any atom is 0.266 e. The minimum atomic E-state index is -1.69. The van der Waals surface area contributed by atoms with Crippen molar-refractivity contribution < 1.29 is 8.91 Å². The standard InChI is InChI=1S/C17H16FN5O/c1-12-9-19-16(20-10-12)23-8-7-17(18,11-23)15-21-14(22-24-15)13-5-3-2-4-6-13/h2-6,9-10H,7-8,11H2,1H3. The van der Waals surface area contributed by atoms with Gasteiger partial charge in [-0.25, -0.2) is 14.4 Å². The number of rotatable bonds is 3. The van der Waals surface area contributed by atoms with Gasteiger partial charge in [0.05, 0.1) is 6.54 Å². The van der Waals surface area contributed by atoms with Crippen molar-refractivity contribution in [1.82, 2.24) is 20.1 Å². The Bertz CT molecular complexity index is 836. The maximum atomic E-state index is 15.3. The summed E-state index contributed by atoms with van der Waals surface area (Å²) in [6.45, 7) is 2.52. The van der Waals surface area contributed by atoms with Crippen molar-refractivity contribution >= 4 is 5.95 Å². The molecular formula is C17H16FN5O. The molecule has 3 heterocycles. The van der Waals surface area contributed by atoms with Gasteiger partial charge in [-0.3, -0.25) is 0 Å². The van der Waals surface area contributed by atoms with Gasteiger partial charge in [-0.2, -0.15) is 4.98 Å². The molecule has 1 atom stereocenters. The van der Waals surface area contributed by atoms with Crippen LogP contribution in [0.4, 0.5) is 10.3 Å². The third-order valence-electron chi connectivity index (χ3n) is 4.11. The number of aryl methyl sites for hydroxylation is 1. The van der Waals surface area contributed by atoms with Crippen LogP contribution in [0.25, 0.3) is 11.4 Å². The summed E-state index contributed by atoms with van der Waals surface area (Å²) >= 11 is 0. The Balaban J connectivity index is 1.56. The molecule has 0 N–H and O–H groups in total. The third-order valence-corrected chi connectivity index (χ3v) is 4.11. The average molecular weight is 325 g/mol. The molecular weight excluding hydrogens is 309 g/mol. The van der Waals surface area contributed by atoms with Crippen LogP contribution >= 0.6 is 0 Å². The fraction of sp³-hybridized carbons (Fsp3) is 0.294. The summed E-state index contributed by atoms with van der Waals surface area (Å²) in [5.41, 5.74) is 0.0792. The van der Waals surface area contributed by atoms with Crippen LogP contribution in [0.2, 0.25) is 0 Å². The van der Waals surface area contributed by atoms with Gasteiger partial charge in [0.25, 0.3) is 5.89 Å². The first-order chi connectivity index (χ1) is 11.6. The van der Waals surface area contributed by atoms with E-state index in [1.165, 1.54) is 0 Å². The Morgan fingerprint density at radius 3 is 2.67 bits per heavy atom. The lowest BCUT2D eigenvalue weighted by atomic mass is 10.1. The van der Waals surface area contributed by atoms with Crippen molar-refractivity contribution in [3.05, 3.63) is 54.2 Å². The number of hydrogen-bond donors (Lipinski definition) is 0. The van der Waals surface area contributed by atoms with Gasteiger partial charge in [-0.05, 0) is 12.5 Å². The molecule has 4 rings (SSSR count). The monoisotopic (exact) mass is 325 g/mol. The molecule has 1 aromatic carbocycles. The molecule has 6 nitrogen and oxygen atoms in total. The maximum absolute atomic E-state index is 15.3. The van der Waals surface area contributed by atoms with Crippen LogP contribution in [-0.4, -0.2) is 33.2 Å². The number of benzene rings is 1. The second-order valence-electron chi connectivity index (χ2n) is 5.99. The van der Waals surface area contributed by atoms with Crippen molar-refractivity contribution in [3.63, 3.8) is 0 Å². The molecule has 1 saturated heterocycles. The van der Waals surface area contributed by atoms with E-state index in [-0.39, 0.29) is 18.9 Å². The third kappa shape index (κ3) is 2.62. The highest BCUT2D eigenvalue weighted by Crippen LogP contribution is 2.37. The first-order valence-corrected chi connectivity index (χ1v) is 7.76. The molecule has 7 heteroatoms. The van der Waals surface area contributed by atoms with Crippen LogP contribution in [0.5, 0.6) is 0 Å². The van der Waals surface area contributed by atoms with Gasteiger partial charge < -0.3 is 9.42 Å². The van der Waals surface area contributed by atoms with E-state index in [1.54, 1.807) is 17.3 Å². The van der Waals surface area contributed by atoms with E-state index in [0.717, 1.165) is 11.1 Å². The van der Waals surface area contributed by atoms with Crippen molar-refractivity contribution in [2.75, 3.05) is 18.0 Å². The van der Waals surface area contributed by atoms with E-state index in [9.17, 15) is 0 Å². The molecule has 0 radical (unpaired) electrons. The van der Waals surface area contributed by atoms with Gasteiger partial charge in [0.15, 0.2) is 0 Å². The predicted molar refractivity (Wildman–Crippen MR) is 86.1 cm³/mol. The van der Waals surface area contributed by atoms with Crippen LogP contribution < -0.4 is 4.90 Å². The van der Waals surface area contributed by atoms with Crippen LogP contribution in [0.1, 0.15) is 17.9 Å². The SMILES string of the molecule is Cc1cnc(N2CCC(F)(c3nc(-c4ccccc4)no3)C2)nc1. The number of aromatic nitrogens is 4. The second-order valence-corrected chi connectivity index (χ2v) is 5.99. The number of alkyl halides is 1. The number of anilines is 1. The summed E-state index contributed by atoms with van der Waals surface area (Å²) < 4.78 is 20.5. The van der Waals surface area contributed by atoms with Crippen LogP contribution in [0.15, 0.2) is 47.2 Å². The summed E-state index contributed by atoms with van der Waals surface area (Å²) in [6.07, 6.45) is 3.71. The lowest BCUT2D eigenvalue weighted by Gasteiger charge is -2.17. The molecule has 24 heavy (non-hydrogen) atoms. The second kappa shape index (κ2) is 5.67. The van der Waals surface area contributed by atoms with Crippen LogP contribution in [0.3, 0.4) is 0 Å². The zero-order chi connectivity index (χ0) is 16.6. The van der Waals surface area contributed by atoms with Gasteiger partial charge in [0, 0.05) is 30.9 Å². The molecule has 1 fully saturated rings. The average Bonchev–Trinajstić information content (AvgIpc) is 3.25. The number of nitrogens with zero attached hydrogens (tertiary/aromatic N) is 5. The molecule has 122 valence electrons. The lowest BCUT2D eigenvalue weighted by molar-refractivity contribution is 0.136. The molecule has 0 spiro atoms. The molecule has 0 bridgehead atoms.